The molecule has 1 heterocycles. The highest BCUT2D eigenvalue weighted by molar-refractivity contribution is 6.04. The molecular weight excluding hydrogens is 308 g/mol. The molecule has 0 aromatic heterocycles. The Morgan fingerprint density at radius 2 is 1.70 bits per heavy atom. The minimum atomic E-state index is -0.0154. The van der Waals surface area contributed by atoms with Crippen LogP contribution in [0.15, 0.2) is 36.4 Å². The highest BCUT2D eigenvalue weighted by atomic mass is 35.5. The van der Waals surface area contributed by atoms with Crippen molar-refractivity contribution in [2.24, 2.45) is 0 Å². The molecule has 0 atom stereocenters. The van der Waals surface area contributed by atoms with Gasteiger partial charge in [0.1, 0.15) is 0 Å². The number of amides is 1. The van der Waals surface area contributed by atoms with Crippen LogP contribution < -0.4 is 10.6 Å². The predicted octanol–water partition coefficient (Wildman–Crippen LogP) is 3.50. The predicted molar refractivity (Wildman–Crippen MR) is 95.5 cm³/mol. The molecule has 0 radical (unpaired) electrons. The van der Waals surface area contributed by atoms with Crippen molar-refractivity contribution < 1.29 is 4.79 Å². The first-order valence-electron chi connectivity index (χ1n) is 8.05. The summed E-state index contributed by atoms with van der Waals surface area (Å²) in [5, 5.41) is 6.40. The molecule has 4 heteroatoms. The summed E-state index contributed by atoms with van der Waals surface area (Å²) >= 11 is 0. The van der Waals surface area contributed by atoms with Crippen molar-refractivity contribution >= 4 is 24.0 Å². The van der Waals surface area contributed by atoms with E-state index in [2.05, 4.69) is 34.9 Å². The lowest BCUT2D eigenvalue weighted by molar-refractivity contribution is 0.102. The van der Waals surface area contributed by atoms with Gasteiger partial charge in [0.25, 0.3) is 5.91 Å². The Balaban J connectivity index is 0.00000156. The van der Waals surface area contributed by atoms with Crippen LogP contribution >= 0.6 is 12.4 Å². The average Bonchev–Trinajstić information content (AvgIpc) is 3.02. The Morgan fingerprint density at radius 1 is 0.913 bits per heavy atom. The topological polar surface area (TPSA) is 41.1 Å². The summed E-state index contributed by atoms with van der Waals surface area (Å²) in [5.74, 6) is -0.0154. The number of hydrogen-bond donors (Lipinski definition) is 2. The molecule has 0 saturated heterocycles. The van der Waals surface area contributed by atoms with Crippen molar-refractivity contribution in [2.75, 3.05) is 11.9 Å². The average molecular weight is 329 g/mol. The molecule has 1 amide bonds. The van der Waals surface area contributed by atoms with Gasteiger partial charge in [0.2, 0.25) is 0 Å². The van der Waals surface area contributed by atoms with E-state index in [-0.39, 0.29) is 18.3 Å². The van der Waals surface area contributed by atoms with E-state index < -0.39 is 0 Å². The number of aryl methyl sites for hydroxylation is 2. The maximum absolute atomic E-state index is 12.5. The molecule has 0 bridgehead atoms. The number of hydrogen-bond acceptors (Lipinski definition) is 2. The smallest absolute Gasteiger partial charge is 0.255 e. The van der Waals surface area contributed by atoms with Crippen molar-refractivity contribution in [1.82, 2.24) is 5.32 Å². The molecule has 0 unspecified atom stereocenters. The zero-order chi connectivity index (χ0) is 14.9. The summed E-state index contributed by atoms with van der Waals surface area (Å²) in [6.07, 6.45) is 4.52. The Labute approximate surface area is 142 Å². The van der Waals surface area contributed by atoms with Crippen molar-refractivity contribution in [1.29, 1.82) is 0 Å². The summed E-state index contributed by atoms with van der Waals surface area (Å²) in [4.78, 5) is 12.5. The molecule has 2 aromatic rings. The van der Waals surface area contributed by atoms with E-state index in [0.29, 0.717) is 0 Å². The first-order valence-corrected chi connectivity index (χ1v) is 8.05. The highest BCUT2D eigenvalue weighted by Gasteiger charge is 2.15. The summed E-state index contributed by atoms with van der Waals surface area (Å²) in [5.41, 5.74) is 7.05. The van der Waals surface area contributed by atoms with Gasteiger partial charge in [-0.15, -0.1) is 12.4 Å². The fourth-order valence-electron chi connectivity index (χ4n) is 3.47. The number of nitrogens with one attached hydrogen (secondary N) is 2. The van der Waals surface area contributed by atoms with Crippen LogP contribution in [0.4, 0.5) is 5.69 Å². The SMILES string of the molecule is Cl.O=C(Nc1ccc2c(c1)CNCC2)c1ccc2c(c1)CCC2. The Bertz CT molecular complexity index is 742. The van der Waals surface area contributed by atoms with Gasteiger partial charge in [0.05, 0.1) is 0 Å². The highest BCUT2D eigenvalue weighted by Crippen LogP contribution is 2.24. The van der Waals surface area contributed by atoms with Crippen LogP contribution in [0.2, 0.25) is 0 Å². The molecule has 2 aromatic carbocycles. The third-order valence-electron chi connectivity index (χ3n) is 4.71. The lowest BCUT2D eigenvalue weighted by atomic mass is 10.0. The van der Waals surface area contributed by atoms with E-state index >= 15 is 0 Å². The van der Waals surface area contributed by atoms with Crippen molar-refractivity contribution in [2.45, 2.75) is 32.2 Å². The minimum Gasteiger partial charge on any atom is -0.322 e. The Hall–Kier alpha value is -1.84. The van der Waals surface area contributed by atoms with Gasteiger partial charge >= 0.3 is 0 Å². The number of rotatable bonds is 2. The second-order valence-electron chi connectivity index (χ2n) is 6.20. The van der Waals surface area contributed by atoms with Crippen LogP contribution in [0.5, 0.6) is 0 Å². The molecule has 1 aliphatic heterocycles. The van der Waals surface area contributed by atoms with E-state index in [9.17, 15) is 4.79 Å². The molecule has 2 aliphatic rings. The van der Waals surface area contributed by atoms with Crippen LogP contribution in [-0.2, 0) is 25.8 Å². The Kier molecular flexibility index (Phi) is 4.69. The maximum Gasteiger partial charge on any atom is 0.255 e. The molecule has 4 rings (SSSR count). The number of fused-ring (bicyclic) bond motifs is 2. The summed E-state index contributed by atoms with van der Waals surface area (Å²) < 4.78 is 0. The molecule has 0 spiro atoms. The fourth-order valence-corrected chi connectivity index (χ4v) is 3.47. The van der Waals surface area contributed by atoms with E-state index in [1.165, 1.54) is 28.7 Å². The lowest BCUT2D eigenvalue weighted by Crippen LogP contribution is -2.23. The monoisotopic (exact) mass is 328 g/mol. The quantitative estimate of drug-likeness (QED) is 0.886. The zero-order valence-electron chi connectivity index (χ0n) is 13.0. The van der Waals surface area contributed by atoms with Gasteiger partial charge in [-0.2, -0.15) is 0 Å². The van der Waals surface area contributed by atoms with Gasteiger partial charge in [0, 0.05) is 17.8 Å². The first kappa shape index (κ1) is 16.0. The van der Waals surface area contributed by atoms with E-state index in [4.69, 9.17) is 0 Å². The van der Waals surface area contributed by atoms with E-state index in [1.54, 1.807) is 0 Å². The number of halogens is 1. The van der Waals surface area contributed by atoms with Crippen LogP contribution in [-0.4, -0.2) is 12.5 Å². The van der Waals surface area contributed by atoms with Gasteiger partial charge < -0.3 is 10.6 Å². The van der Waals surface area contributed by atoms with Gasteiger partial charge in [-0.3, -0.25) is 4.79 Å². The number of carbonyl (C=O) groups excluding carboxylic acids is 1. The summed E-state index contributed by atoms with van der Waals surface area (Å²) in [7, 11) is 0. The number of carbonyl (C=O) groups is 1. The molecule has 0 fully saturated rings. The van der Waals surface area contributed by atoms with Crippen LogP contribution in [0.3, 0.4) is 0 Å². The second-order valence-corrected chi connectivity index (χ2v) is 6.20. The van der Waals surface area contributed by atoms with Gasteiger partial charge in [-0.05, 0) is 78.7 Å². The third-order valence-corrected chi connectivity index (χ3v) is 4.71. The number of benzene rings is 2. The molecule has 2 N–H and O–H groups in total. The maximum atomic E-state index is 12.5. The minimum absolute atomic E-state index is 0. The van der Waals surface area contributed by atoms with Crippen LogP contribution in [0.1, 0.15) is 39.0 Å². The Morgan fingerprint density at radius 3 is 2.61 bits per heavy atom. The van der Waals surface area contributed by atoms with Crippen molar-refractivity contribution in [3.05, 3.63) is 64.2 Å². The van der Waals surface area contributed by atoms with E-state index in [0.717, 1.165) is 43.6 Å². The molecule has 23 heavy (non-hydrogen) atoms. The van der Waals surface area contributed by atoms with Crippen molar-refractivity contribution in [3.8, 4) is 0 Å². The van der Waals surface area contributed by atoms with Gasteiger partial charge in [0.15, 0.2) is 0 Å². The summed E-state index contributed by atoms with van der Waals surface area (Å²) in [6.45, 7) is 1.92. The van der Waals surface area contributed by atoms with Gasteiger partial charge in [-0.1, -0.05) is 12.1 Å². The molecule has 0 saturated carbocycles. The standard InChI is InChI=1S/C19H20N2O.ClH/c22-19(16-5-4-13-2-1-3-15(13)10-16)21-18-7-6-14-8-9-20-12-17(14)11-18;/h4-7,10-11,20H,1-3,8-9,12H2,(H,21,22);1H. The van der Waals surface area contributed by atoms with Crippen molar-refractivity contribution in [3.63, 3.8) is 0 Å². The third kappa shape index (κ3) is 3.26. The fraction of sp³-hybridized carbons (Fsp3) is 0.316. The molecular formula is C19H21ClN2O. The van der Waals surface area contributed by atoms with Gasteiger partial charge in [-0.25, -0.2) is 0 Å². The molecule has 3 nitrogen and oxygen atoms in total. The second kappa shape index (κ2) is 6.73. The first-order chi connectivity index (χ1) is 10.8. The zero-order valence-corrected chi connectivity index (χ0v) is 13.8. The normalized spacial score (nSPS) is 15.3. The lowest BCUT2D eigenvalue weighted by Gasteiger charge is -2.18. The summed E-state index contributed by atoms with van der Waals surface area (Å²) in [6, 6.07) is 12.3. The van der Waals surface area contributed by atoms with Crippen LogP contribution in [0.25, 0.3) is 0 Å². The van der Waals surface area contributed by atoms with E-state index in [1.807, 2.05) is 12.1 Å². The molecule has 120 valence electrons. The van der Waals surface area contributed by atoms with Crippen LogP contribution in [0, 0.1) is 0 Å². The largest absolute Gasteiger partial charge is 0.322 e. The number of anilines is 1. The molecule has 1 aliphatic carbocycles.